The molecule has 0 fully saturated rings. The van der Waals surface area contributed by atoms with Crippen LogP contribution < -0.4 is 8.39 Å². The maximum absolute atomic E-state index is 3.24. The number of hydrogen-bond donors (Lipinski definition) is 2. The first kappa shape index (κ1) is 8.08. The van der Waals surface area contributed by atoms with Gasteiger partial charge in [0.1, 0.15) is 0 Å². The lowest BCUT2D eigenvalue weighted by Gasteiger charge is -2.06. The van der Waals surface area contributed by atoms with Crippen molar-refractivity contribution in [2.75, 3.05) is 13.2 Å². The molecule has 1 unspecified atom stereocenters. The summed E-state index contributed by atoms with van der Waals surface area (Å²) in [4.78, 5) is 0. The van der Waals surface area contributed by atoms with Crippen LogP contribution in [0.15, 0.2) is 0 Å². The molecule has 0 aliphatic heterocycles. The Morgan fingerprint density at radius 3 is 2.43 bits per heavy atom. The number of hydrogen-bond acceptors (Lipinski definition) is 2. The molecule has 4 heteroatoms. The second-order valence-electron chi connectivity index (χ2n) is 1.16. The van der Waals surface area contributed by atoms with Gasteiger partial charge in [-0.1, -0.05) is 6.92 Å². The van der Waals surface area contributed by atoms with Crippen LogP contribution in [0.1, 0.15) is 6.92 Å². The second kappa shape index (κ2) is 5.22. The zero-order chi connectivity index (χ0) is 5.70. The Kier molecular flexibility index (Phi) is 6.03. The smallest absolute Gasteiger partial charge is 0.0397 e. The maximum atomic E-state index is 3.24. The molecule has 0 aromatic carbocycles. The molecule has 0 aliphatic carbocycles. The summed E-state index contributed by atoms with van der Waals surface area (Å²) in [5.41, 5.74) is 0. The lowest BCUT2D eigenvalue weighted by molar-refractivity contribution is 1.01. The first-order chi connectivity index (χ1) is 3.31. The van der Waals surface area contributed by atoms with Crippen molar-refractivity contribution in [2.24, 2.45) is 0 Å². The van der Waals surface area contributed by atoms with Crippen molar-refractivity contribution >= 4 is 31.1 Å². The summed E-state index contributed by atoms with van der Waals surface area (Å²) in [7, 11) is -0.0918. The van der Waals surface area contributed by atoms with Gasteiger partial charge >= 0.3 is 0 Å². The van der Waals surface area contributed by atoms with Crippen LogP contribution in [0.25, 0.3) is 0 Å². The Morgan fingerprint density at radius 1 is 1.71 bits per heavy atom. The van der Waals surface area contributed by atoms with Crippen LogP contribution in [0.2, 0.25) is 0 Å². The minimum Gasteiger partial charge on any atom is -0.284 e. The lowest BCUT2D eigenvalue weighted by Crippen LogP contribution is -2.09. The summed E-state index contributed by atoms with van der Waals surface area (Å²) < 4.78 is 3.09. The van der Waals surface area contributed by atoms with Crippen molar-refractivity contribution in [3.8, 4) is 0 Å². The largest absolute Gasteiger partial charge is 0.284 e. The summed E-state index contributed by atoms with van der Waals surface area (Å²) in [5, 5.41) is 3.24. The molecule has 0 heterocycles. The average Bonchev–Trinajstić information content (AvgIpc) is 1.68. The van der Waals surface area contributed by atoms with E-state index in [4.69, 9.17) is 0 Å². The van der Waals surface area contributed by atoms with E-state index >= 15 is 0 Å². The predicted octanol–water partition coefficient (Wildman–Crippen LogP) is 1.48. The molecule has 0 aliphatic rings. The van der Waals surface area contributed by atoms with E-state index in [1.807, 2.05) is 0 Å². The highest BCUT2D eigenvalue weighted by molar-refractivity contribution is 14.1. The first-order valence-electron chi connectivity index (χ1n) is 2.14. The molecule has 0 saturated heterocycles. The Hall–Kier alpha value is 1.08. The van der Waals surface area contributed by atoms with E-state index in [1.165, 1.54) is 0 Å². The predicted molar refractivity (Wildman–Crippen MR) is 43.7 cm³/mol. The summed E-state index contributed by atoms with van der Waals surface area (Å²) in [6, 6.07) is 0. The van der Waals surface area contributed by atoms with Crippen molar-refractivity contribution in [1.82, 2.24) is 8.39 Å². The van der Waals surface area contributed by atoms with Gasteiger partial charge in [-0.3, -0.25) is 5.09 Å². The third kappa shape index (κ3) is 4.94. The van der Waals surface area contributed by atoms with Crippen LogP contribution in [0.4, 0.5) is 0 Å². The van der Waals surface area contributed by atoms with Gasteiger partial charge < -0.3 is 0 Å². The van der Waals surface area contributed by atoms with Gasteiger partial charge in [0.25, 0.3) is 0 Å². The van der Waals surface area contributed by atoms with E-state index in [9.17, 15) is 0 Å². The number of halogens is 1. The molecular weight excluding hydrogens is 222 g/mol. The quantitative estimate of drug-likeness (QED) is 0.437. The molecule has 0 bridgehead atoms. The Morgan fingerprint density at radius 2 is 2.29 bits per heavy atom. The maximum Gasteiger partial charge on any atom is 0.0397 e. The molecule has 0 aromatic rings. The van der Waals surface area contributed by atoms with E-state index in [2.05, 4.69) is 44.8 Å². The molecule has 0 saturated carbocycles. The monoisotopic (exact) mass is 232 g/mol. The molecule has 7 heavy (non-hydrogen) atoms. The average molecular weight is 232 g/mol. The zero-order valence-corrected chi connectivity index (χ0v) is 7.58. The van der Waals surface area contributed by atoms with Crippen LogP contribution in [-0.4, -0.2) is 13.2 Å². The fourth-order valence-electron chi connectivity index (χ4n) is 0.267. The first-order valence-corrected chi connectivity index (χ1v) is 5.01. The standard InChI is InChI=1S/C3H10IN2P/c1-3-5-7(2)6-4/h5-6H,3H2,1-2H3. The summed E-state index contributed by atoms with van der Waals surface area (Å²) in [6.07, 6.45) is 0. The van der Waals surface area contributed by atoms with Gasteiger partial charge in [-0.2, -0.15) is 0 Å². The van der Waals surface area contributed by atoms with Crippen LogP contribution in [0.3, 0.4) is 0 Å². The zero-order valence-electron chi connectivity index (χ0n) is 4.53. The third-order valence-corrected chi connectivity index (χ3v) is 3.74. The van der Waals surface area contributed by atoms with E-state index in [0.29, 0.717) is 0 Å². The summed E-state index contributed by atoms with van der Waals surface area (Å²) in [5.74, 6) is 0. The van der Waals surface area contributed by atoms with Gasteiger partial charge in [-0.05, 0) is 13.2 Å². The SMILES string of the molecule is CCNP(C)NI. The normalized spacial score (nSPS) is 14.1. The molecule has 0 rings (SSSR count). The van der Waals surface area contributed by atoms with Crippen molar-refractivity contribution in [1.29, 1.82) is 0 Å². The molecule has 2 nitrogen and oxygen atoms in total. The second-order valence-corrected chi connectivity index (χ2v) is 4.21. The highest BCUT2D eigenvalue weighted by Crippen LogP contribution is 2.18. The van der Waals surface area contributed by atoms with Crippen molar-refractivity contribution in [3.05, 3.63) is 0 Å². The van der Waals surface area contributed by atoms with Gasteiger partial charge in [0, 0.05) is 31.1 Å². The Labute approximate surface area is 59.8 Å². The fraction of sp³-hybridized carbons (Fsp3) is 1.00. The molecule has 0 spiro atoms. The minimum absolute atomic E-state index is 0.0918. The Bertz CT molecular complexity index is 43.9. The van der Waals surface area contributed by atoms with Crippen LogP contribution in [0.5, 0.6) is 0 Å². The van der Waals surface area contributed by atoms with Crippen LogP contribution in [0, 0.1) is 0 Å². The molecule has 0 aromatic heterocycles. The fourth-order valence-corrected chi connectivity index (χ4v) is 1.31. The van der Waals surface area contributed by atoms with E-state index in [0.717, 1.165) is 6.54 Å². The molecule has 44 valence electrons. The van der Waals surface area contributed by atoms with Crippen molar-refractivity contribution < 1.29 is 0 Å². The minimum atomic E-state index is -0.0918. The lowest BCUT2D eigenvalue weighted by atomic mass is 10.8. The molecule has 0 amide bonds. The van der Waals surface area contributed by atoms with E-state index < -0.39 is 0 Å². The molecule has 0 radical (unpaired) electrons. The van der Waals surface area contributed by atoms with Gasteiger partial charge in [0.05, 0.1) is 0 Å². The highest BCUT2D eigenvalue weighted by Gasteiger charge is 1.89. The molecular formula is C3H10IN2P. The number of nitrogens with one attached hydrogen (secondary N) is 2. The summed E-state index contributed by atoms with van der Waals surface area (Å²) in [6.45, 7) is 5.30. The van der Waals surface area contributed by atoms with Gasteiger partial charge in [0.15, 0.2) is 0 Å². The molecule has 2 N–H and O–H groups in total. The van der Waals surface area contributed by atoms with E-state index in [1.54, 1.807) is 0 Å². The third-order valence-electron chi connectivity index (χ3n) is 0.522. The topological polar surface area (TPSA) is 24.1 Å². The highest BCUT2D eigenvalue weighted by atomic mass is 127. The van der Waals surface area contributed by atoms with Gasteiger partial charge in [-0.15, -0.1) is 0 Å². The molecule has 1 atom stereocenters. The van der Waals surface area contributed by atoms with Gasteiger partial charge in [0.2, 0.25) is 0 Å². The van der Waals surface area contributed by atoms with Crippen molar-refractivity contribution in [3.63, 3.8) is 0 Å². The van der Waals surface area contributed by atoms with Crippen LogP contribution >= 0.6 is 31.1 Å². The summed E-state index contributed by atoms with van der Waals surface area (Å²) >= 11 is 2.15. The van der Waals surface area contributed by atoms with Crippen molar-refractivity contribution in [2.45, 2.75) is 6.92 Å². The Balaban J connectivity index is 2.83. The van der Waals surface area contributed by atoms with E-state index in [-0.39, 0.29) is 8.22 Å². The van der Waals surface area contributed by atoms with Gasteiger partial charge in [-0.25, -0.2) is 3.30 Å². The number of rotatable bonds is 3. The van der Waals surface area contributed by atoms with Crippen LogP contribution in [-0.2, 0) is 0 Å².